The Morgan fingerprint density at radius 1 is 1.08 bits per heavy atom. The number of para-hydroxylation sites is 1. The highest BCUT2D eigenvalue weighted by molar-refractivity contribution is 7.92. The summed E-state index contributed by atoms with van der Waals surface area (Å²) in [6, 6.07) is 10.0. The van der Waals surface area contributed by atoms with Crippen LogP contribution in [0.2, 0.25) is 10.0 Å². The molecule has 0 saturated heterocycles. The van der Waals surface area contributed by atoms with Crippen molar-refractivity contribution in [3.8, 4) is 0 Å². The largest absolute Gasteiger partial charge is 0.352 e. The Labute approximate surface area is 240 Å². The van der Waals surface area contributed by atoms with Crippen molar-refractivity contribution in [2.24, 2.45) is 0 Å². The van der Waals surface area contributed by atoms with Gasteiger partial charge >= 0.3 is 0 Å². The number of carbonyl (C=O) groups is 2. The van der Waals surface area contributed by atoms with E-state index in [0.29, 0.717) is 22.0 Å². The van der Waals surface area contributed by atoms with Crippen LogP contribution in [0.5, 0.6) is 0 Å². The van der Waals surface area contributed by atoms with Crippen LogP contribution >= 0.6 is 23.2 Å². The number of hydrogen-bond donors (Lipinski definition) is 1. The highest BCUT2D eigenvalue weighted by Crippen LogP contribution is 2.26. The lowest BCUT2D eigenvalue weighted by atomic mass is 9.95. The average Bonchev–Trinajstić information content (AvgIpc) is 2.89. The van der Waals surface area contributed by atoms with E-state index in [9.17, 15) is 22.4 Å². The van der Waals surface area contributed by atoms with Crippen LogP contribution in [0.4, 0.5) is 10.1 Å². The number of amides is 2. The van der Waals surface area contributed by atoms with Gasteiger partial charge in [0, 0.05) is 25.6 Å². The van der Waals surface area contributed by atoms with Crippen molar-refractivity contribution in [1.82, 2.24) is 10.2 Å². The van der Waals surface area contributed by atoms with Gasteiger partial charge in [-0.2, -0.15) is 0 Å². The molecule has 0 radical (unpaired) electrons. The maximum Gasteiger partial charge on any atom is 0.243 e. The van der Waals surface area contributed by atoms with Gasteiger partial charge in [0.1, 0.15) is 11.9 Å². The molecule has 1 aliphatic rings. The molecule has 2 amide bonds. The standard InChI is InChI=1S/C28H36Cl2FN3O4S/c1-3-25(28(36)32-21-10-5-4-6-11-21)33(19-20-15-16-22(29)23(30)18-20)27(35)14-9-17-34(39(2,37)38)26-13-8-7-12-24(26)31/h7-8,12-13,15-16,18,21,25H,3-6,9-11,14,17,19H2,1-2H3,(H,32,36)/t25-/m0/s1. The van der Waals surface area contributed by atoms with E-state index in [4.69, 9.17) is 23.2 Å². The molecular formula is C28H36Cl2FN3O4S. The van der Waals surface area contributed by atoms with Crippen molar-refractivity contribution < 1.29 is 22.4 Å². The Balaban J connectivity index is 1.78. The molecule has 0 aliphatic heterocycles. The maximum atomic E-state index is 14.4. The first kappa shape index (κ1) is 31.2. The monoisotopic (exact) mass is 599 g/mol. The molecule has 1 saturated carbocycles. The number of hydrogen-bond acceptors (Lipinski definition) is 4. The Hall–Kier alpha value is -2.36. The zero-order valence-corrected chi connectivity index (χ0v) is 24.7. The van der Waals surface area contributed by atoms with Crippen LogP contribution in [-0.2, 0) is 26.2 Å². The molecule has 1 fully saturated rings. The van der Waals surface area contributed by atoms with Crippen LogP contribution in [0, 0.1) is 5.82 Å². The third-order valence-corrected chi connectivity index (χ3v) is 8.87. The van der Waals surface area contributed by atoms with Gasteiger partial charge in [0.05, 0.1) is 22.0 Å². The van der Waals surface area contributed by atoms with Crippen LogP contribution < -0.4 is 9.62 Å². The number of halogens is 3. The van der Waals surface area contributed by atoms with Crippen molar-refractivity contribution in [2.45, 2.75) is 76.9 Å². The molecule has 7 nitrogen and oxygen atoms in total. The molecule has 1 atom stereocenters. The predicted molar refractivity (Wildman–Crippen MR) is 154 cm³/mol. The quantitative estimate of drug-likeness (QED) is 0.327. The molecule has 11 heteroatoms. The Morgan fingerprint density at radius 2 is 1.77 bits per heavy atom. The number of benzene rings is 2. The fraction of sp³-hybridized carbons (Fsp3) is 0.500. The van der Waals surface area contributed by atoms with Crippen molar-refractivity contribution >= 4 is 50.7 Å². The Kier molecular flexibility index (Phi) is 11.4. The molecule has 2 aromatic carbocycles. The minimum atomic E-state index is -3.79. The van der Waals surface area contributed by atoms with E-state index in [-0.39, 0.29) is 49.5 Å². The van der Waals surface area contributed by atoms with Crippen LogP contribution in [0.1, 0.15) is 63.9 Å². The molecule has 39 heavy (non-hydrogen) atoms. The van der Waals surface area contributed by atoms with Crippen molar-refractivity contribution in [1.29, 1.82) is 0 Å². The van der Waals surface area contributed by atoms with Gasteiger partial charge in [-0.3, -0.25) is 13.9 Å². The lowest BCUT2D eigenvalue weighted by Crippen LogP contribution is -2.51. The summed E-state index contributed by atoms with van der Waals surface area (Å²) in [6.07, 6.45) is 6.62. The fourth-order valence-electron chi connectivity index (χ4n) is 4.93. The molecule has 3 rings (SSSR count). The average molecular weight is 601 g/mol. The first-order valence-electron chi connectivity index (χ1n) is 13.3. The molecule has 0 unspecified atom stereocenters. The van der Waals surface area contributed by atoms with Gasteiger partial charge in [0.2, 0.25) is 21.8 Å². The van der Waals surface area contributed by atoms with E-state index in [1.807, 2.05) is 6.92 Å². The zero-order valence-electron chi connectivity index (χ0n) is 22.3. The molecule has 0 spiro atoms. The number of anilines is 1. The van der Waals surface area contributed by atoms with Crippen molar-refractivity contribution in [3.63, 3.8) is 0 Å². The molecule has 1 N–H and O–H groups in total. The van der Waals surface area contributed by atoms with Gasteiger partial charge in [-0.15, -0.1) is 0 Å². The zero-order chi connectivity index (χ0) is 28.6. The molecule has 2 aromatic rings. The van der Waals surface area contributed by atoms with Gasteiger partial charge in [0.25, 0.3) is 0 Å². The topological polar surface area (TPSA) is 86.8 Å². The molecule has 0 bridgehead atoms. The Bertz CT molecular complexity index is 1260. The summed E-state index contributed by atoms with van der Waals surface area (Å²) in [5, 5.41) is 3.85. The highest BCUT2D eigenvalue weighted by atomic mass is 35.5. The summed E-state index contributed by atoms with van der Waals surface area (Å²) >= 11 is 12.3. The highest BCUT2D eigenvalue weighted by Gasteiger charge is 2.30. The van der Waals surface area contributed by atoms with E-state index in [1.54, 1.807) is 24.3 Å². The van der Waals surface area contributed by atoms with Crippen LogP contribution in [0.3, 0.4) is 0 Å². The number of nitrogens with zero attached hydrogens (tertiary/aromatic N) is 2. The van der Waals surface area contributed by atoms with Gasteiger partial charge in [-0.25, -0.2) is 12.8 Å². The summed E-state index contributed by atoms with van der Waals surface area (Å²) < 4.78 is 40.2. The summed E-state index contributed by atoms with van der Waals surface area (Å²) in [5.41, 5.74) is 0.643. The summed E-state index contributed by atoms with van der Waals surface area (Å²) in [5.74, 6) is -1.18. The SMILES string of the molecule is CC[C@@H](C(=O)NC1CCCCC1)N(Cc1ccc(Cl)c(Cl)c1)C(=O)CCCN(c1ccccc1F)S(C)(=O)=O. The third kappa shape index (κ3) is 8.82. The van der Waals surface area contributed by atoms with Crippen LogP contribution in [-0.4, -0.2) is 50.0 Å². The van der Waals surface area contributed by atoms with Gasteiger partial charge in [-0.05, 0) is 55.5 Å². The molecule has 1 aliphatic carbocycles. The van der Waals surface area contributed by atoms with Gasteiger partial charge < -0.3 is 10.2 Å². The van der Waals surface area contributed by atoms with E-state index >= 15 is 0 Å². The second-order valence-electron chi connectivity index (χ2n) is 9.93. The number of nitrogens with one attached hydrogen (secondary N) is 1. The predicted octanol–water partition coefficient (Wildman–Crippen LogP) is 5.94. The summed E-state index contributed by atoms with van der Waals surface area (Å²) in [7, 11) is -3.79. The number of rotatable bonds is 12. The second kappa shape index (κ2) is 14.3. The lowest BCUT2D eigenvalue weighted by Gasteiger charge is -2.33. The fourth-order valence-corrected chi connectivity index (χ4v) is 6.22. The molecule has 0 heterocycles. The van der Waals surface area contributed by atoms with Crippen LogP contribution in [0.25, 0.3) is 0 Å². The minimum Gasteiger partial charge on any atom is -0.352 e. The molecule has 214 valence electrons. The van der Waals surface area contributed by atoms with Crippen LogP contribution in [0.15, 0.2) is 42.5 Å². The van der Waals surface area contributed by atoms with E-state index in [2.05, 4.69) is 5.32 Å². The Morgan fingerprint density at radius 3 is 2.38 bits per heavy atom. The van der Waals surface area contributed by atoms with Gasteiger partial charge in [0.15, 0.2) is 0 Å². The van der Waals surface area contributed by atoms with Gasteiger partial charge in [-0.1, -0.05) is 67.6 Å². The molecular weight excluding hydrogens is 564 g/mol. The van der Waals surface area contributed by atoms with Crippen molar-refractivity contribution in [2.75, 3.05) is 17.1 Å². The summed E-state index contributed by atoms with van der Waals surface area (Å²) in [6.45, 7) is 1.90. The second-order valence-corrected chi connectivity index (χ2v) is 12.6. The smallest absolute Gasteiger partial charge is 0.243 e. The first-order valence-corrected chi connectivity index (χ1v) is 15.9. The third-order valence-electron chi connectivity index (χ3n) is 6.95. The summed E-state index contributed by atoms with van der Waals surface area (Å²) in [4.78, 5) is 28.4. The minimum absolute atomic E-state index is 0.0327. The molecule has 0 aromatic heterocycles. The first-order chi connectivity index (χ1) is 18.5. The number of carbonyl (C=O) groups excluding carboxylic acids is 2. The maximum absolute atomic E-state index is 14.4. The van der Waals surface area contributed by atoms with E-state index in [0.717, 1.165) is 42.7 Å². The van der Waals surface area contributed by atoms with E-state index in [1.165, 1.54) is 23.1 Å². The lowest BCUT2D eigenvalue weighted by molar-refractivity contribution is -0.141. The van der Waals surface area contributed by atoms with E-state index < -0.39 is 21.9 Å². The number of sulfonamides is 1. The normalized spacial score (nSPS) is 15.0. The van der Waals surface area contributed by atoms with Crippen molar-refractivity contribution in [3.05, 3.63) is 63.9 Å².